The van der Waals surface area contributed by atoms with Crippen LogP contribution >= 0.6 is 0 Å². The van der Waals surface area contributed by atoms with E-state index in [1.54, 1.807) is 0 Å². The molecular weight excluding hydrogens is 515 g/mol. The largest absolute Gasteiger partial charge is 1.00 e. The zero-order valence-electron chi connectivity index (χ0n) is 22.9. The van der Waals surface area contributed by atoms with Crippen LogP contribution in [0.3, 0.4) is 0 Å². The molecule has 0 radical (unpaired) electrons. The van der Waals surface area contributed by atoms with Crippen LogP contribution in [0.25, 0.3) is 0 Å². The number of aliphatic hydroxyl groups is 1. The Hall–Kier alpha value is -0.380. The second-order valence-electron chi connectivity index (χ2n) is 12.7. The quantitative estimate of drug-likeness (QED) is 0.281. The fourth-order valence-electron chi connectivity index (χ4n) is 9.18. The summed E-state index contributed by atoms with van der Waals surface area (Å²) in [4.78, 5) is 22.8. The predicted molar refractivity (Wildman–Crippen MR) is 125 cm³/mol. The number of hydrogen-bond donors (Lipinski definition) is 1. The number of hydrogen-bond acceptors (Lipinski definition) is 5. The summed E-state index contributed by atoms with van der Waals surface area (Å²) in [5.74, 6) is -0.466. The van der Waals surface area contributed by atoms with E-state index in [0.29, 0.717) is 30.6 Å². The van der Waals surface area contributed by atoms with Gasteiger partial charge in [-0.3, -0.25) is 4.79 Å². The van der Waals surface area contributed by atoms with Crippen LogP contribution in [0.2, 0.25) is 0 Å². The Morgan fingerprint density at radius 2 is 1.71 bits per heavy atom. The second kappa shape index (κ2) is 12.2. The third-order valence-corrected chi connectivity index (χ3v) is 11.0. The van der Waals surface area contributed by atoms with E-state index in [-0.39, 0.29) is 90.7 Å². The van der Waals surface area contributed by atoms with Crippen LogP contribution in [-0.4, -0.2) is 41.6 Å². The smallest absolute Gasteiger partial charge is 0.550 e. The van der Waals surface area contributed by atoms with Gasteiger partial charge in [-0.15, -0.1) is 0 Å². The maximum atomic E-state index is 14.0. The van der Waals surface area contributed by atoms with E-state index in [1.165, 1.54) is 0 Å². The fourth-order valence-corrected chi connectivity index (χ4v) is 9.18. The van der Waals surface area contributed by atoms with Crippen LogP contribution in [0.15, 0.2) is 0 Å². The molecule has 0 heterocycles. The van der Waals surface area contributed by atoms with Crippen molar-refractivity contribution in [2.45, 2.75) is 109 Å². The average molecular weight is 557 g/mol. The summed E-state index contributed by atoms with van der Waals surface area (Å²) in [5.41, 5.74) is -2.59. The van der Waals surface area contributed by atoms with E-state index in [4.69, 9.17) is 4.74 Å². The van der Waals surface area contributed by atoms with E-state index in [9.17, 15) is 37.4 Å². The predicted octanol–water partition coefficient (Wildman–Crippen LogP) is 1.99. The Balaban J connectivity index is 0.00000400. The van der Waals surface area contributed by atoms with E-state index >= 15 is 0 Å². The molecule has 10 heteroatoms. The molecule has 4 aliphatic carbocycles. The average Bonchev–Trinajstić information content (AvgIpc) is 3.18. The van der Waals surface area contributed by atoms with Gasteiger partial charge in [0, 0.05) is 12.4 Å². The molecule has 212 valence electrons. The van der Waals surface area contributed by atoms with Crippen molar-refractivity contribution in [3.63, 3.8) is 0 Å². The summed E-state index contributed by atoms with van der Waals surface area (Å²) in [7, 11) is 0. The minimum absolute atomic E-state index is 0. The Morgan fingerprint density at radius 3 is 2.34 bits per heavy atom. The Kier molecular flexibility index (Phi) is 10.3. The van der Waals surface area contributed by atoms with Crippen LogP contribution in [-0.2, 0) is 14.3 Å². The molecule has 0 aliphatic heterocycles. The molecule has 4 fully saturated rings. The molecule has 5 nitrogen and oxygen atoms in total. The Bertz CT molecular complexity index is 856. The maximum Gasteiger partial charge on any atom is 1.00 e. The third-order valence-electron chi connectivity index (χ3n) is 11.0. The van der Waals surface area contributed by atoms with E-state index in [1.807, 2.05) is 6.92 Å². The van der Waals surface area contributed by atoms with Crippen molar-refractivity contribution in [2.24, 2.45) is 46.8 Å². The standard InChI is InChI=1S/C28H42F4O5.Na/c1-16(23(15-29)37-25(35)5-3-4-24(33)34)21-8-9-22-20-7-6-17-14-27(36,28(30,31)32)13-11-18(17)19(20)10-12-26(21,22)2;/h16-23,36H,3-15H2,1-2H3,(H,33,34);/q;+1/p-1/t16-,17+,18-,19+,20+,21+,22-,23+,26+,27+;/m0./s1. The van der Waals surface area contributed by atoms with Crippen LogP contribution in [0.5, 0.6) is 0 Å². The number of carboxylic acids is 1. The van der Waals surface area contributed by atoms with Gasteiger partial charge in [-0.25, -0.2) is 4.39 Å². The van der Waals surface area contributed by atoms with Crippen molar-refractivity contribution >= 4 is 11.9 Å². The van der Waals surface area contributed by atoms with Crippen LogP contribution in [0.1, 0.15) is 90.9 Å². The third kappa shape index (κ3) is 6.11. The summed E-state index contributed by atoms with van der Waals surface area (Å²) < 4.78 is 60.0. The molecule has 4 aliphatic rings. The molecule has 4 rings (SSSR count). The van der Waals surface area contributed by atoms with Crippen molar-refractivity contribution < 1.29 is 71.7 Å². The van der Waals surface area contributed by atoms with Gasteiger partial charge in [0.1, 0.15) is 12.8 Å². The second-order valence-corrected chi connectivity index (χ2v) is 12.7. The zero-order valence-corrected chi connectivity index (χ0v) is 24.9. The van der Waals surface area contributed by atoms with Crippen LogP contribution in [0.4, 0.5) is 17.6 Å². The molecule has 10 atom stereocenters. The fraction of sp³-hybridized carbons (Fsp3) is 0.929. The maximum absolute atomic E-state index is 14.0. The van der Waals surface area contributed by atoms with Crippen molar-refractivity contribution in [1.82, 2.24) is 0 Å². The Labute approximate surface area is 245 Å². The first-order chi connectivity index (χ1) is 17.3. The molecule has 4 saturated carbocycles. The minimum Gasteiger partial charge on any atom is -0.550 e. The summed E-state index contributed by atoms with van der Waals surface area (Å²) in [6, 6.07) is 0. The van der Waals surface area contributed by atoms with Crippen molar-refractivity contribution in [3.8, 4) is 0 Å². The molecule has 0 amide bonds. The number of carbonyl (C=O) groups is 2. The topological polar surface area (TPSA) is 86.7 Å². The normalized spacial score (nSPS) is 40.1. The summed E-state index contributed by atoms with van der Waals surface area (Å²) >= 11 is 0. The number of ether oxygens (including phenoxy) is 1. The van der Waals surface area contributed by atoms with Gasteiger partial charge in [0.2, 0.25) is 0 Å². The molecule has 38 heavy (non-hydrogen) atoms. The van der Waals surface area contributed by atoms with Gasteiger partial charge in [-0.2, -0.15) is 13.2 Å². The molecule has 1 N–H and O–H groups in total. The van der Waals surface area contributed by atoms with Gasteiger partial charge in [-0.1, -0.05) is 13.8 Å². The van der Waals surface area contributed by atoms with Crippen LogP contribution in [0, 0.1) is 46.8 Å². The van der Waals surface area contributed by atoms with Crippen molar-refractivity contribution in [2.75, 3.05) is 6.67 Å². The zero-order chi connectivity index (χ0) is 27.2. The summed E-state index contributed by atoms with van der Waals surface area (Å²) in [6.45, 7) is 3.43. The number of aliphatic carboxylic acids is 1. The van der Waals surface area contributed by atoms with E-state index < -0.39 is 36.5 Å². The molecule has 0 unspecified atom stereocenters. The molecule has 0 aromatic heterocycles. The van der Waals surface area contributed by atoms with Crippen LogP contribution < -0.4 is 34.7 Å². The molecule has 0 aromatic rings. The minimum atomic E-state index is -4.58. The number of esters is 1. The number of halogens is 4. The number of rotatable bonds is 8. The first-order valence-electron chi connectivity index (χ1n) is 14.0. The molecule has 0 spiro atoms. The first-order valence-corrected chi connectivity index (χ1v) is 14.0. The van der Waals surface area contributed by atoms with Crippen molar-refractivity contribution in [3.05, 3.63) is 0 Å². The molecule has 0 aromatic carbocycles. The number of carbonyl (C=O) groups excluding carboxylic acids is 2. The molecule has 0 bridgehead atoms. The summed E-state index contributed by atoms with van der Waals surface area (Å²) in [6.07, 6.45) is -0.295. The van der Waals surface area contributed by atoms with Gasteiger partial charge in [0.05, 0.1) is 0 Å². The SMILES string of the molecule is C[C@@H]([C@H]1CC[C@H]2[C@@H]3CC[C@@H]4C[C@@](O)(C(F)(F)F)CC[C@@H]4[C@H]3CC[C@]12C)[C@@H](CF)OC(=O)CCCC(=O)[O-].[Na+]. The number of alkyl halides is 4. The molecular formula is C28H41F4NaO5. The van der Waals surface area contributed by atoms with Gasteiger partial charge in [-0.05, 0) is 117 Å². The number of carboxylic acid groups (broad SMARTS) is 1. The number of fused-ring (bicyclic) bond motifs is 5. The monoisotopic (exact) mass is 556 g/mol. The Morgan fingerprint density at radius 1 is 1.03 bits per heavy atom. The van der Waals surface area contributed by atoms with Gasteiger partial charge in [0.15, 0.2) is 5.60 Å². The van der Waals surface area contributed by atoms with Crippen molar-refractivity contribution in [1.29, 1.82) is 0 Å². The first kappa shape index (κ1) is 32.1. The molecule has 0 saturated heterocycles. The van der Waals surface area contributed by atoms with Gasteiger partial charge < -0.3 is 19.7 Å². The van der Waals surface area contributed by atoms with E-state index in [2.05, 4.69) is 6.92 Å². The van der Waals surface area contributed by atoms with Gasteiger partial charge >= 0.3 is 41.7 Å². The van der Waals surface area contributed by atoms with Gasteiger partial charge in [0.25, 0.3) is 0 Å². The van der Waals surface area contributed by atoms with E-state index in [0.717, 1.165) is 32.1 Å². The summed E-state index contributed by atoms with van der Waals surface area (Å²) in [5, 5.41) is 20.9.